The summed E-state index contributed by atoms with van der Waals surface area (Å²) >= 11 is 3.06. The smallest absolute Gasteiger partial charge is 0.283 e. The molecule has 1 rings (SSSR count). The Morgan fingerprint density at radius 2 is 2.29 bits per heavy atom. The highest BCUT2D eigenvalue weighted by Crippen LogP contribution is 2.27. The summed E-state index contributed by atoms with van der Waals surface area (Å²) < 4.78 is 0.399. The van der Waals surface area contributed by atoms with Crippen LogP contribution in [0, 0.1) is 10.1 Å². The maximum Gasteiger partial charge on any atom is 0.283 e. The zero-order chi connectivity index (χ0) is 10.7. The van der Waals surface area contributed by atoms with Gasteiger partial charge in [0.2, 0.25) is 0 Å². The molecular formula is C8H9BrN2O3. The third kappa shape index (κ3) is 2.28. The second-order valence-electron chi connectivity index (χ2n) is 2.76. The quantitative estimate of drug-likeness (QED) is 0.634. The molecule has 0 spiro atoms. The number of aliphatic hydroxyl groups excluding tert-OH is 1. The molecule has 1 aromatic rings. The highest BCUT2D eigenvalue weighted by Gasteiger charge is 2.14. The van der Waals surface area contributed by atoms with E-state index in [1.165, 1.54) is 6.07 Å². The summed E-state index contributed by atoms with van der Waals surface area (Å²) in [5, 5.41) is 19.3. The van der Waals surface area contributed by atoms with E-state index in [1.54, 1.807) is 12.1 Å². The minimum absolute atomic E-state index is 0.0496. The Balaban J connectivity index is 3.12. The lowest BCUT2D eigenvalue weighted by Gasteiger charge is -2.08. The molecule has 0 fully saturated rings. The molecule has 0 saturated heterocycles. The first-order valence-electron chi connectivity index (χ1n) is 3.86. The minimum Gasteiger partial charge on any atom is -0.394 e. The molecule has 0 radical (unpaired) electrons. The largest absolute Gasteiger partial charge is 0.394 e. The molecule has 0 aromatic heterocycles. The van der Waals surface area contributed by atoms with Crippen molar-refractivity contribution >= 4 is 21.6 Å². The van der Waals surface area contributed by atoms with Crippen molar-refractivity contribution in [1.82, 2.24) is 0 Å². The van der Waals surface area contributed by atoms with Gasteiger partial charge in [0.15, 0.2) is 0 Å². The summed E-state index contributed by atoms with van der Waals surface area (Å²) in [6, 6.07) is 3.95. The Morgan fingerprint density at radius 3 is 2.79 bits per heavy atom. The highest BCUT2D eigenvalue weighted by molar-refractivity contribution is 9.10. The van der Waals surface area contributed by atoms with E-state index in [-0.39, 0.29) is 12.3 Å². The summed E-state index contributed by atoms with van der Waals surface area (Å²) in [6.07, 6.45) is 0. The number of benzene rings is 1. The molecule has 14 heavy (non-hydrogen) atoms. The van der Waals surface area contributed by atoms with Crippen LogP contribution in [-0.2, 0) is 0 Å². The molecule has 0 saturated carbocycles. The lowest BCUT2D eigenvalue weighted by atomic mass is 10.1. The predicted molar refractivity (Wildman–Crippen MR) is 54.8 cm³/mol. The van der Waals surface area contributed by atoms with Crippen LogP contribution < -0.4 is 5.73 Å². The minimum atomic E-state index is -0.582. The number of nitro groups is 1. The van der Waals surface area contributed by atoms with Gasteiger partial charge in [-0.3, -0.25) is 10.1 Å². The second kappa shape index (κ2) is 4.50. The summed E-state index contributed by atoms with van der Waals surface area (Å²) in [6.45, 7) is -0.237. The molecule has 0 aliphatic heterocycles. The Labute approximate surface area is 88.8 Å². The van der Waals surface area contributed by atoms with Crippen molar-refractivity contribution < 1.29 is 10.0 Å². The molecule has 76 valence electrons. The number of hydrogen-bond donors (Lipinski definition) is 2. The van der Waals surface area contributed by atoms with Gasteiger partial charge in [-0.25, -0.2) is 0 Å². The normalized spacial score (nSPS) is 12.5. The van der Waals surface area contributed by atoms with E-state index in [4.69, 9.17) is 10.8 Å². The van der Waals surface area contributed by atoms with Crippen LogP contribution in [0.25, 0.3) is 0 Å². The van der Waals surface area contributed by atoms with Gasteiger partial charge in [0.05, 0.1) is 22.0 Å². The molecule has 0 heterocycles. The Bertz CT molecular complexity index is 356. The van der Waals surface area contributed by atoms with Crippen LogP contribution in [0.2, 0.25) is 0 Å². The predicted octanol–water partition coefficient (Wildman–Crippen LogP) is 1.35. The monoisotopic (exact) mass is 260 g/mol. The number of rotatable bonds is 3. The molecule has 6 heteroatoms. The van der Waals surface area contributed by atoms with E-state index in [0.717, 1.165) is 0 Å². The van der Waals surface area contributed by atoms with Gasteiger partial charge in [-0.1, -0.05) is 6.07 Å². The lowest BCUT2D eigenvalue weighted by molar-refractivity contribution is -0.385. The van der Waals surface area contributed by atoms with Crippen LogP contribution in [0.1, 0.15) is 11.6 Å². The SMILES string of the molecule is N[C@@H](CO)c1ccc(Br)c([N+](=O)[O-])c1. The second-order valence-corrected chi connectivity index (χ2v) is 3.61. The molecule has 0 aliphatic carbocycles. The van der Waals surface area contributed by atoms with Crippen LogP contribution in [0.3, 0.4) is 0 Å². The van der Waals surface area contributed by atoms with Gasteiger partial charge in [0, 0.05) is 6.07 Å². The zero-order valence-electron chi connectivity index (χ0n) is 7.18. The van der Waals surface area contributed by atoms with Crippen LogP contribution in [-0.4, -0.2) is 16.6 Å². The fourth-order valence-electron chi connectivity index (χ4n) is 1.01. The van der Waals surface area contributed by atoms with Crippen LogP contribution >= 0.6 is 15.9 Å². The molecule has 1 aromatic carbocycles. The van der Waals surface area contributed by atoms with E-state index >= 15 is 0 Å². The fourth-order valence-corrected chi connectivity index (χ4v) is 1.40. The van der Waals surface area contributed by atoms with Gasteiger partial charge in [0.1, 0.15) is 0 Å². The topological polar surface area (TPSA) is 89.4 Å². The van der Waals surface area contributed by atoms with Gasteiger partial charge >= 0.3 is 0 Å². The summed E-state index contributed by atoms with van der Waals surface area (Å²) in [5.74, 6) is 0. The first kappa shape index (κ1) is 11.1. The number of halogens is 1. The molecule has 5 nitrogen and oxygen atoms in total. The summed E-state index contributed by atoms with van der Waals surface area (Å²) in [7, 11) is 0. The zero-order valence-corrected chi connectivity index (χ0v) is 8.77. The van der Waals surface area contributed by atoms with Crippen molar-refractivity contribution in [2.75, 3.05) is 6.61 Å². The van der Waals surface area contributed by atoms with Crippen molar-refractivity contribution in [3.63, 3.8) is 0 Å². The molecule has 1 atom stereocenters. The standard InChI is InChI=1S/C8H9BrN2O3/c9-6-2-1-5(7(10)4-12)3-8(6)11(13)14/h1-3,7,12H,4,10H2/t7-/m0/s1. The van der Waals surface area contributed by atoms with Gasteiger partial charge < -0.3 is 10.8 Å². The average molecular weight is 261 g/mol. The van der Waals surface area contributed by atoms with Crippen LogP contribution in [0.5, 0.6) is 0 Å². The average Bonchev–Trinajstić information content (AvgIpc) is 2.17. The third-order valence-electron chi connectivity index (χ3n) is 1.79. The van der Waals surface area contributed by atoms with E-state index < -0.39 is 11.0 Å². The molecule has 0 amide bonds. The summed E-state index contributed by atoms with van der Waals surface area (Å²) in [4.78, 5) is 10.1. The van der Waals surface area contributed by atoms with E-state index in [1.807, 2.05) is 0 Å². The molecule has 0 bridgehead atoms. The highest BCUT2D eigenvalue weighted by atomic mass is 79.9. The van der Waals surface area contributed by atoms with Crippen molar-refractivity contribution in [2.24, 2.45) is 5.73 Å². The number of nitrogens with two attached hydrogens (primary N) is 1. The Kier molecular flexibility index (Phi) is 3.56. The number of hydrogen-bond acceptors (Lipinski definition) is 4. The van der Waals surface area contributed by atoms with E-state index in [0.29, 0.717) is 10.0 Å². The first-order valence-corrected chi connectivity index (χ1v) is 4.66. The van der Waals surface area contributed by atoms with Gasteiger partial charge in [-0.2, -0.15) is 0 Å². The Hall–Kier alpha value is -0.980. The maximum absolute atomic E-state index is 10.6. The van der Waals surface area contributed by atoms with Crippen LogP contribution in [0.4, 0.5) is 5.69 Å². The molecule has 0 unspecified atom stereocenters. The van der Waals surface area contributed by atoms with Crippen molar-refractivity contribution in [2.45, 2.75) is 6.04 Å². The number of nitrogens with zero attached hydrogens (tertiary/aromatic N) is 1. The Morgan fingerprint density at radius 1 is 1.64 bits per heavy atom. The van der Waals surface area contributed by atoms with Crippen molar-refractivity contribution in [3.8, 4) is 0 Å². The van der Waals surface area contributed by atoms with Crippen LogP contribution in [0.15, 0.2) is 22.7 Å². The molecule has 0 aliphatic rings. The van der Waals surface area contributed by atoms with Crippen molar-refractivity contribution in [1.29, 1.82) is 0 Å². The first-order chi connectivity index (χ1) is 6.56. The van der Waals surface area contributed by atoms with Gasteiger partial charge in [-0.15, -0.1) is 0 Å². The number of aliphatic hydroxyl groups is 1. The third-order valence-corrected chi connectivity index (χ3v) is 2.46. The molecular weight excluding hydrogens is 252 g/mol. The van der Waals surface area contributed by atoms with Gasteiger partial charge in [-0.05, 0) is 27.6 Å². The lowest BCUT2D eigenvalue weighted by Crippen LogP contribution is -2.14. The van der Waals surface area contributed by atoms with Gasteiger partial charge in [0.25, 0.3) is 5.69 Å². The summed E-state index contributed by atoms with van der Waals surface area (Å²) in [5.41, 5.74) is 6.02. The number of nitro benzene ring substituents is 1. The maximum atomic E-state index is 10.6. The van der Waals surface area contributed by atoms with E-state index in [2.05, 4.69) is 15.9 Å². The van der Waals surface area contributed by atoms with Crippen molar-refractivity contribution in [3.05, 3.63) is 38.3 Å². The fraction of sp³-hybridized carbons (Fsp3) is 0.250. The molecule has 3 N–H and O–H groups in total. The van der Waals surface area contributed by atoms with E-state index in [9.17, 15) is 10.1 Å².